The number of benzene rings is 1. The highest BCUT2D eigenvalue weighted by atomic mass is 32.1. The number of aryl methyl sites for hydroxylation is 1. The Bertz CT molecular complexity index is 667. The quantitative estimate of drug-likeness (QED) is 0.803. The van der Waals surface area contributed by atoms with Gasteiger partial charge in [0.25, 0.3) is 0 Å². The molecule has 104 valence electrons. The molecule has 0 unspecified atom stereocenters. The van der Waals surface area contributed by atoms with Gasteiger partial charge in [-0.05, 0) is 29.8 Å². The molecular weight excluding hydrogens is 266 g/mol. The summed E-state index contributed by atoms with van der Waals surface area (Å²) in [5.74, 6) is 0. The average Bonchev–Trinajstić information content (AvgIpc) is 2.81. The van der Waals surface area contributed by atoms with Crippen molar-refractivity contribution >= 4 is 17.8 Å². The lowest BCUT2D eigenvalue weighted by Gasteiger charge is -2.26. The minimum absolute atomic E-state index is 0.873. The van der Waals surface area contributed by atoms with Crippen molar-refractivity contribution in [1.29, 1.82) is 0 Å². The van der Waals surface area contributed by atoms with Crippen molar-refractivity contribution in [2.24, 2.45) is 7.05 Å². The third-order valence-corrected chi connectivity index (χ3v) is 4.33. The summed E-state index contributed by atoms with van der Waals surface area (Å²) < 4.78 is 4.98. The lowest BCUT2D eigenvalue weighted by molar-refractivity contribution is 0.239. The maximum absolute atomic E-state index is 5.38. The van der Waals surface area contributed by atoms with Crippen LogP contribution in [0.1, 0.15) is 12.0 Å². The van der Waals surface area contributed by atoms with Crippen LogP contribution in [-0.4, -0.2) is 27.1 Å². The van der Waals surface area contributed by atoms with E-state index in [0.29, 0.717) is 0 Å². The zero-order valence-electron chi connectivity index (χ0n) is 11.7. The highest BCUT2D eigenvalue weighted by molar-refractivity contribution is 7.71. The molecule has 1 aromatic heterocycles. The molecular formula is C16H19N3S. The SMILES string of the molecule is Cn1ccn(CN2CC=C(c3ccccc3)CC2)c1=S. The molecule has 0 atom stereocenters. The Labute approximate surface area is 124 Å². The maximum Gasteiger partial charge on any atom is 0.180 e. The fourth-order valence-corrected chi connectivity index (χ4v) is 2.77. The molecule has 0 amide bonds. The first-order chi connectivity index (χ1) is 9.74. The molecule has 0 saturated carbocycles. The molecule has 2 aromatic rings. The van der Waals surface area contributed by atoms with E-state index in [0.717, 1.165) is 31.0 Å². The van der Waals surface area contributed by atoms with Gasteiger partial charge in [-0.1, -0.05) is 36.4 Å². The Hall–Kier alpha value is -1.65. The Balaban J connectivity index is 1.68. The van der Waals surface area contributed by atoms with E-state index >= 15 is 0 Å². The van der Waals surface area contributed by atoms with Gasteiger partial charge >= 0.3 is 0 Å². The lowest BCUT2D eigenvalue weighted by atomic mass is 10.00. The lowest BCUT2D eigenvalue weighted by Crippen LogP contribution is -2.30. The topological polar surface area (TPSA) is 13.1 Å². The summed E-state index contributed by atoms with van der Waals surface area (Å²) in [5, 5.41) is 0. The van der Waals surface area contributed by atoms with Crippen molar-refractivity contribution < 1.29 is 0 Å². The largest absolute Gasteiger partial charge is 0.327 e. The van der Waals surface area contributed by atoms with Crippen molar-refractivity contribution in [3.63, 3.8) is 0 Å². The highest BCUT2D eigenvalue weighted by Gasteiger charge is 2.13. The second-order valence-corrected chi connectivity index (χ2v) is 5.59. The van der Waals surface area contributed by atoms with Crippen LogP contribution in [0, 0.1) is 4.77 Å². The van der Waals surface area contributed by atoms with Gasteiger partial charge < -0.3 is 9.13 Å². The smallest absolute Gasteiger partial charge is 0.180 e. The first-order valence-corrected chi connectivity index (χ1v) is 7.33. The number of imidazole rings is 1. The standard InChI is InChI=1S/C16H19N3S/c1-17-11-12-19(16(17)20)13-18-9-7-15(8-10-18)14-5-3-2-4-6-14/h2-7,11-12H,8-10,13H2,1H3. The van der Waals surface area contributed by atoms with Gasteiger partial charge in [0.05, 0.1) is 6.67 Å². The van der Waals surface area contributed by atoms with Crippen LogP contribution in [0.4, 0.5) is 0 Å². The van der Waals surface area contributed by atoms with E-state index in [4.69, 9.17) is 12.2 Å². The molecule has 0 fully saturated rings. The van der Waals surface area contributed by atoms with E-state index in [-0.39, 0.29) is 0 Å². The van der Waals surface area contributed by atoms with E-state index in [2.05, 4.69) is 52.1 Å². The summed E-state index contributed by atoms with van der Waals surface area (Å²) in [7, 11) is 1.99. The summed E-state index contributed by atoms with van der Waals surface area (Å²) in [6.45, 7) is 2.94. The summed E-state index contributed by atoms with van der Waals surface area (Å²) in [6.07, 6.45) is 7.51. The molecule has 0 spiro atoms. The Kier molecular flexibility index (Phi) is 3.85. The van der Waals surface area contributed by atoms with Crippen LogP contribution in [0.2, 0.25) is 0 Å². The Morgan fingerprint density at radius 1 is 1.15 bits per heavy atom. The third-order valence-electron chi connectivity index (χ3n) is 3.81. The molecule has 20 heavy (non-hydrogen) atoms. The molecule has 1 aliphatic rings. The third kappa shape index (κ3) is 2.76. The van der Waals surface area contributed by atoms with Crippen LogP contribution >= 0.6 is 12.2 Å². The monoisotopic (exact) mass is 285 g/mol. The second-order valence-electron chi connectivity index (χ2n) is 5.23. The van der Waals surface area contributed by atoms with Gasteiger partial charge in [-0.25, -0.2) is 0 Å². The second kappa shape index (κ2) is 5.77. The first kappa shape index (κ1) is 13.3. The van der Waals surface area contributed by atoms with E-state index in [9.17, 15) is 0 Å². The van der Waals surface area contributed by atoms with Crippen molar-refractivity contribution in [1.82, 2.24) is 14.0 Å². The summed E-state index contributed by atoms with van der Waals surface area (Å²) >= 11 is 5.38. The van der Waals surface area contributed by atoms with Crippen molar-refractivity contribution in [2.75, 3.05) is 13.1 Å². The molecule has 2 heterocycles. The number of rotatable bonds is 3. The maximum atomic E-state index is 5.38. The van der Waals surface area contributed by atoms with Crippen LogP contribution in [0.15, 0.2) is 48.8 Å². The van der Waals surface area contributed by atoms with Crippen LogP contribution in [0.25, 0.3) is 5.57 Å². The minimum Gasteiger partial charge on any atom is -0.327 e. The van der Waals surface area contributed by atoms with E-state index < -0.39 is 0 Å². The van der Waals surface area contributed by atoms with Crippen molar-refractivity contribution in [3.8, 4) is 0 Å². The minimum atomic E-state index is 0.873. The van der Waals surface area contributed by atoms with Crippen LogP contribution in [0.3, 0.4) is 0 Å². The van der Waals surface area contributed by atoms with Gasteiger partial charge in [-0.3, -0.25) is 4.90 Å². The summed E-state index contributed by atoms with van der Waals surface area (Å²) in [4.78, 5) is 2.42. The Morgan fingerprint density at radius 2 is 1.95 bits per heavy atom. The zero-order valence-corrected chi connectivity index (χ0v) is 12.5. The zero-order chi connectivity index (χ0) is 13.9. The van der Waals surface area contributed by atoms with Crippen LogP contribution < -0.4 is 0 Å². The molecule has 4 heteroatoms. The average molecular weight is 285 g/mol. The molecule has 0 aliphatic carbocycles. The fourth-order valence-electron chi connectivity index (χ4n) is 2.59. The van der Waals surface area contributed by atoms with Gasteiger partial charge in [0.1, 0.15) is 0 Å². The number of hydrogen-bond donors (Lipinski definition) is 0. The van der Waals surface area contributed by atoms with Gasteiger partial charge in [0.15, 0.2) is 4.77 Å². The van der Waals surface area contributed by atoms with Gasteiger partial charge in [-0.2, -0.15) is 0 Å². The van der Waals surface area contributed by atoms with Crippen molar-refractivity contribution in [3.05, 3.63) is 59.1 Å². The van der Waals surface area contributed by atoms with Crippen LogP contribution in [0.5, 0.6) is 0 Å². The summed E-state index contributed by atoms with van der Waals surface area (Å²) in [5.41, 5.74) is 2.81. The number of aromatic nitrogens is 2. The van der Waals surface area contributed by atoms with E-state index in [1.54, 1.807) is 0 Å². The first-order valence-electron chi connectivity index (χ1n) is 6.92. The Morgan fingerprint density at radius 3 is 2.55 bits per heavy atom. The molecule has 0 N–H and O–H groups in total. The van der Waals surface area contributed by atoms with Crippen LogP contribution in [-0.2, 0) is 13.7 Å². The summed E-state index contributed by atoms with van der Waals surface area (Å²) in [6, 6.07) is 10.7. The predicted molar refractivity (Wildman–Crippen MR) is 84.8 cm³/mol. The van der Waals surface area contributed by atoms with Gasteiger partial charge in [0, 0.05) is 32.5 Å². The molecule has 3 nitrogen and oxygen atoms in total. The van der Waals surface area contributed by atoms with Crippen molar-refractivity contribution in [2.45, 2.75) is 13.1 Å². The van der Waals surface area contributed by atoms with E-state index in [1.165, 1.54) is 11.1 Å². The number of hydrogen-bond acceptors (Lipinski definition) is 2. The molecule has 0 bridgehead atoms. The van der Waals surface area contributed by atoms with Gasteiger partial charge in [0.2, 0.25) is 0 Å². The molecule has 1 aliphatic heterocycles. The normalized spacial score (nSPS) is 16.1. The highest BCUT2D eigenvalue weighted by Crippen LogP contribution is 2.22. The predicted octanol–water partition coefficient (Wildman–Crippen LogP) is 3.30. The molecule has 0 saturated heterocycles. The number of nitrogens with zero attached hydrogens (tertiary/aromatic N) is 3. The molecule has 0 radical (unpaired) electrons. The fraction of sp³-hybridized carbons (Fsp3) is 0.312. The van der Waals surface area contributed by atoms with E-state index in [1.807, 2.05) is 17.8 Å². The molecule has 3 rings (SSSR count). The molecule has 1 aromatic carbocycles. The van der Waals surface area contributed by atoms with Gasteiger partial charge in [-0.15, -0.1) is 0 Å².